The number of aryl methyl sites for hydroxylation is 2. The van der Waals surface area contributed by atoms with Crippen LogP contribution in [0.5, 0.6) is 0 Å². The summed E-state index contributed by atoms with van der Waals surface area (Å²) in [5.41, 5.74) is 3.84. The van der Waals surface area contributed by atoms with Crippen LogP contribution in [0.4, 0.5) is 0 Å². The van der Waals surface area contributed by atoms with Gasteiger partial charge in [-0.15, -0.1) is 0 Å². The van der Waals surface area contributed by atoms with Crippen molar-refractivity contribution in [1.29, 1.82) is 0 Å². The molecule has 0 N–H and O–H groups in total. The molecular weight excluding hydrogens is 465 g/mol. The van der Waals surface area contributed by atoms with E-state index in [0.29, 0.717) is 25.2 Å². The highest BCUT2D eigenvalue weighted by atomic mass is 16.7. The predicted molar refractivity (Wildman–Crippen MR) is 147 cm³/mol. The second kappa shape index (κ2) is 12.7. The SMILES string of the molecule is CC1(C)OB(c2ccc(CCC(=O)CCc3ccc(COCCN4CCOCC4)cc3)cc2)OC1(C)C. The molecule has 2 aromatic carbocycles. The number of benzene rings is 2. The van der Waals surface area contributed by atoms with Crippen LogP contribution in [0.25, 0.3) is 0 Å². The maximum atomic E-state index is 12.5. The molecule has 0 radical (unpaired) electrons. The number of ketones is 1. The summed E-state index contributed by atoms with van der Waals surface area (Å²) in [6.07, 6.45) is 2.66. The Labute approximate surface area is 222 Å². The molecule has 0 spiro atoms. The molecule has 0 saturated carbocycles. The summed E-state index contributed by atoms with van der Waals surface area (Å²) >= 11 is 0. The molecule has 2 aromatic rings. The Morgan fingerprint density at radius 3 is 1.92 bits per heavy atom. The van der Waals surface area contributed by atoms with Gasteiger partial charge in [-0.25, -0.2) is 0 Å². The van der Waals surface area contributed by atoms with Crippen LogP contribution >= 0.6 is 0 Å². The maximum Gasteiger partial charge on any atom is 0.494 e. The van der Waals surface area contributed by atoms with E-state index in [4.69, 9.17) is 18.8 Å². The van der Waals surface area contributed by atoms with Crippen LogP contribution in [0, 0.1) is 0 Å². The normalized spacial score (nSPS) is 19.3. The number of ether oxygens (including phenoxy) is 2. The Bertz CT molecular complexity index is 984. The summed E-state index contributed by atoms with van der Waals surface area (Å²) in [7, 11) is -0.353. The first-order valence-electron chi connectivity index (χ1n) is 13.6. The van der Waals surface area contributed by atoms with Crippen molar-refractivity contribution in [2.75, 3.05) is 39.5 Å². The molecule has 0 unspecified atom stereocenters. The lowest BCUT2D eigenvalue weighted by Gasteiger charge is -2.32. The minimum atomic E-state index is -0.353. The van der Waals surface area contributed by atoms with E-state index < -0.39 is 0 Å². The first-order chi connectivity index (χ1) is 17.7. The summed E-state index contributed by atoms with van der Waals surface area (Å²) in [5, 5.41) is 0. The van der Waals surface area contributed by atoms with Crippen molar-refractivity contribution in [2.24, 2.45) is 0 Å². The zero-order valence-electron chi connectivity index (χ0n) is 23.0. The fraction of sp³-hybridized carbons (Fsp3) is 0.567. The molecule has 0 amide bonds. The molecule has 2 heterocycles. The van der Waals surface area contributed by atoms with Crippen LogP contribution in [0.2, 0.25) is 0 Å². The van der Waals surface area contributed by atoms with Gasteiger partial charge >= 0.3 is 7.12 Å². The number of hydrogen-bond donors (Lipinski definition) is 0. The molecule has 2 aliphatic heterocycles. The molecule has 200 valence electrons. The number of Topliss-reactive ketones (excluding diaryl/α,β-unsaturated/α-hetero) is 1. The Hall–Kier alpha value is -2.03. The van der Waals surface area contributed by atoms with Crippen LogP contribution in [0.1, 0.15) is 57.2 Å². The van der Waals surface area contributed by atoms with Crippen LogP contribution in [-0.2, 0) is 43.0 Å². The van der Waals surface area contributed by atoms with Crippen molar-refractivity contribution >= 4 is 18.4 Å². The van der Waals surface area contributed by atoms with Crippen molar-refractivity contribution in [3.63, 3.8) is 0 Å². The van der Waals surface area contributed by atoms with E-state index >= 15 is 0 Å². The third-order valence-electron chi connectivity index (χ3n) is 7.84. The van der Waals surface area contributed by atoms with Crippen LogP contribution < -0.4 is 5.46 Å². The zero-order valence-corrected chi connectivity index (χ0v) is 23.0. The minimum Gasteiger partial charge on any atom is -0.399 e. The van der Waals surface area contributed by atoms with Gasteiger partial charge in [0.25, 0.3) is 0 Å². The molecule has 0 bridgehead atoms. The van der Waals surface area contributed by atoms with E-state index in [-0.39, 0.29) is 18.3 Å². The van der Waals surface area contributed by atoms with Crippen molar-refractivity contribution in [3.05, 3.63) is 65.2 Å². The average molecular weight is 507 g/mol. The van der Waals surface area contributed by atoms with E-state index in [1.54, 1.807) is 0 Å². The molecule has 0 aliphatic carbocycles. The summed E-state index contributed by atoms with van der Waals surface area (Å²) in [6, 6.07) is 16.7. The van der Waals surface area contributed by atoms with Gasteiger partial charge in [-0.1, -0.05) is 48.5 Å². The van der Waals surface area contributed by atoms with E-state index in [2.05, 4.69) is 81.1 Å². The fourth-order valence-electron chi connectivity index (χ4n) is 4.52. The quantitative estimate of drug-likeness (QED) is 0.320. The number of carbonyl (C=O) groups is 1. The summed E-state index contributed by atoms with van der Waals surface area (Å²) in [5.74, 6) is 0.297. The standard InChI is InChI=1S/C30H42BNO5/c1-29(2)30(3,4)37-31(36-29)27-13-9-25(10-14-27)12-16-28(33)15-11-24-5-7-26(8-6-24)23-35-22-19-32-17-20-34-21-18-32/h5-10,13-14H,11-12,15-23H2,1-4H3. The van der Waals surface area contributed by atoms with Gasteiger partial charge in [0, 0.05) is 32.5 Å². The van der Waals surface area contributed by atoms with Crippen molar-refractivity contribution in [2.45, 2.75) is 71.2 Å². The molecular formula is C30H42BNO5. The highest BCUT2D eigenvalue weighted by Crippen LogP contribution is 2.36. The first kappa shape index (κ1) is 28.0. The van der Waals surface area contributed by atoms with Gasteiger partial charge in [0.1, 0.15) is 5.78 Å². The Morgan fingerprint density at radius 1 is 0.838 bits per heavy atom. The van der Waals surface area contributed by atoms with Gasteiger partial charge in [0.15, 0.2) is 0 Å². The van der Waals surface area contributed by atoms with Gasteiger partial charge in [0.2, 0.25) is 0 Å². The minimum absolute atomic E-state index is 0.297. The van der Waals surface area contributed by atoms with Gasteiger partial charge in [-0.05, 0) is 62.7 Å². The Morgan fingerprint density at radius 2 is 1.35 bits per heavy atom. The maximum absolute atomic E-state index is 12.5. The third-order valence-corrected chi connectivity index (χ3v) is 7.84. The molecule has 37 heavy (non-hydrogen) atoms. The van der Waals surface area contributed by atoms with Gasteiger partial charge < -0.3 is 18.8 Å². The third kappa shape index (κ3) is 7.98. The largest absolute Gasteiger partial charge is 0.494 e. The van der Waals surface area contributed by atoms with E-state index in [1.807, 2.05) is 0 Å². The first-order valence-corrected chi connectivity index (χ1v) is 13.6. The van der Waals surface area contributed by atoms with Crippen LogP contribution in [-0.4, -0.2) is 68.5 Å². The van der Waals surface area contributed by atoms with Crippen molar-refractivity contribution < 1.29 is 23.6 Å². The zero-order chi connectivity index (χ0) is 26.3. The predicted octanol–water partition coefficient (Wildman–Crippen LogP) is 3.97. The van der Waals surface area contributed by atoms with Gasteiger partial charge in [-0.2, -0.15) is 0 Å². The molecule has 0 aromatic heterocycles. The van der Waals surface area contributed by atoms with Crippen molar-refractivity contribution in [1.82, 2.24) is 4.90 Å². The summed E-state index contributed by atoms with van der Waals surface area (Å²) < 4.78 is 23.5. The molecule has 6 nitrogen and oxygen atoms in total. The molecule has 2 saturated heterocycles. The number of rotatable bonds is 12. The molecule has 7 heteroatoms. The smallest absolute Gasteiger partial charge is 0.399 e. The lowest BCUT2D eigenvalue weighted by Crippen LogP contribution is -2.41. The van der Waals surface area contributed by atoms with Crippen LogP contribution in [0.3, 0.4) is 0 Å². The monoisotopic (exact) mass is 507 g/mol. The molecule has 0 atom stereocenters. The molecule has 4 rings (SSSR count). The van der Waals surface area contributed by atoms with E-state index in [9.17, 15) is 4.79 Å². The summed E-state index contributed by atoms with van der Waals surface area (Å²) in [4.78, 5) is 14.9. The highest BCUT2D eigenvalue weighted by Gasteiger charge is 2.51. The number of nitrogens with zero attached hydrogens (tertiary/aromatic N) is 1. The van der Waals surface area contributed by atoms with Gasteiger partial charge in [0.05, 0.1) is 37.6 Å². The highest BCUT2D eigenvalue weighted by molar-refractivity contribution is 6.62. The van der Waals surface area contributed by atoms with E-state index in [1.165, 1.54) is 11.1 Å². The van der Waals surface area contributed by atoms with Gasteiger partial charge in [-0.3, -0.25) is 9.69 Å². The average Bonchev–Trinajstić information content (AvgIpc) is 3.12. The molecule has 2 fully saturated rings. The number of carbonyl (C=O) groups excluding carboxylic acids is 1. The number of morpholine rings is 1. The second-order valence-corrected chi connectivity index (χ2v) is 11.2. The summed E-state index contributed by atoms with van der Waals surface area (Å²) in [6.45, 7) is 14.2. The molecule has 2 aliphatic rings. The van der Waals surface area contributed by atoms with E-state index in [0.717, 1.165) is 63.3 Å². The fourth-order valence-corrected chi connectivity index (χ4v) is 4.52. The lowest BCUT2D eigenvalue weighted by atomic mass is 9.78. The van der Waals surface area contributed by atoms with Crippen LogP contribution in [0.15, 0.2) is 48.5 Å². The number of hydrogen-bond acceptors (Lipinski definition) is 6. The Balaban J connectivity index is 1.13. The Kier molecular flexibility index (Phi) is 9.59. The van der Waals surface area contributed by atoms with Crippen molar-refractivity contribution in [3.8, 4) is 0 Å². The lowest BCUT2D eigenvalue weighted by molar-refractivity contribution is -0.119. The second-order valence-electron chi connectivity index (χ2n) is 11.2. The topological polar surface area (TPSA) is 57.2 Å².